The van der Waals surface area contributed by atoms with E-state index in [1.165, 1.54) is 6.07 Å². The van der Waals surface area contributed by atoms with E-state index in [9.17, 15) is 4.39 Å². The molecule has 1 atom stereocenters. The first kappa shape index (κ1) is 13.7. The summed E-state index contributed by atoms with van der Waals surface area (Å²) in [6, 6.07) is 13.2. The Morgan fingerprint density at radius 3 is 2.17 bits per heavy atom. The molecule has 0 spiro atoms. The highest BCUT2D eigenvalue weighted by molar-refractivity contribution is 9.10. The molecule has 0 radical (unpaired) electrons. The van der Waals surface area contributed by atoms with Crippen LogP contribution in [0, 0.1) is 5.82 Å². The van der Waals surface area contributed by atoms with E-state index in [0.29, 0.717) is 4.47 Å². The summed E-state index contributed by atoms with van der Waals surface area (Å²) in [4.78, 5) is 0. The first-order valence-electron chi connectivity index (χ1n) is 5.49. The zero-order chi connectivity index (χ0) is 13.1. The van der Waals surface area contributed by atoms with Gasteiger partial charge in [0, 0.05) is 4.47 Å². The van der Waals surface area contributed by atoms with E-state index in [1.807, 2.05) is 31.3 Å². The molecule has 18 heavy (non-hydrogen) atoms. The van der Waals surface area contributed by atoms with Gasteiger partial charge in [-0.1, -0.05) is 34.1 Å². The molecule has 0 aromatic heterocycles. The normalized spacial score (nSPS) is 12.4. The Morgan fingerprint density at radius 1 is 1.00 bits per heavy atom. The second-order valence-electron chi connectivity index (χ2n) is 3.95. The fourth-order valence-electron chi connectivity index (χ4n) is 1.87. The largest absolute Gasteiger partial charge is 0.309 e. The Bertz CT molecular complexity index is 540. The van der Waals surface area contributed by atoms with Crippen molar-refractivity contribution in [2.45, 2.75) is 6.04 Å². The molecule has 94 valence electrons. The van der Waals surface area contributed by atoms with E-state index >= 15 is 0 Å². The highest BCUT2D eigenvalue weighted by atomic mass is 79.9. The number of halogens is 3. The number of nitrogens with one attached hydrogen (secondary N) is 1. The molecule has 2 aromatic carbocycles. The minimum atomic E-state index is -0.246. The molecule has 2 aromatic rings. The molecule has 0 fully saturated rings. The molecule has 0 saturated heterocycles. The van der Waals surface area contributed by atoms with E-state index in [0.717, 1.165) is 15.6 Å². The van der Waals surface area contributed by atoms with E-state index in [2.05, 4.69) is 37.2 Å². The third-order valence-electron chi connectivity index (χ3n) is 2.77. The summed E-state index contributed by atoms with van der Waals surface area (Å²) in [5, 5.41) is 3.24. The second kappa shape index (κ2) is 5.95. The van der Waals surface area contributed by atoms with Crippen LogP contribution in [0.3, 0.4) is 0 Å². The third-order valence-corrected chi connectivity index (χ3v) is 3.91. The molecular weight excluding hydrogens is 361 g/mol. The van der Waals surface area contributed by atoms with Crippen molar-refractivity contribution in [2.75, 3.05) is 7.05 Å². The van der Waals surface area contributed by atoms with Crippen LogP contribution in [0.1, 0.15) is 17.2 Å². The monoisotopic (exact) mass is 371 g/mol. The summed E-state index contributed by atoms with van der Waals surface area (Å²) in [5.41, 5.74) is 2.16. The maximum atomic E-state index is 13.2. The molecule has 0 aliphatic carbocycles. The molecule has 2 rings (SSSR count). The zero-order valence-electron chi connectivity index (χ0n) is 9.75. The van der Waals surface area contributed by atoms with Crippen LogP contribution >= 0.6 is 31.9 Å². The van der Waals surface area contributed by atoms with Crippen molar-refractivity contribution in [1.82, 2.24) is 5.32 Å². The lowest BCUT2D eigenvalue weighted by molar-refractivity contribution is 0.616. The average molecular weight is 373 g/mol. The fourth-order valence-corrected chi connectivity index (χ4v) is 2.53. The van der Waals surface area contributed by atoms with Crippen LogP contribution in [0.25, 0.3) is 0 Å². The molecule has 0 aliphatic rings. The molecule has 4 heteroatoms. The van der Waals surface area contributed by atoms with Crippen LogP contribution in [0.4, 0.5) is 4.39 Å². The van der Waals surface area contributed by atoms with Crippen LogP contribution in [0.2, 0.25) is 0 Å². The Hall–Kier alpha value is -0.710. The number of hydrogen-bond acceptors (Lipinski definition) is 1. The Labute approximate surface area is 123 Å². The lowest BCUT2D eigenvalue weighted by atomic mass is 9.99. The first-order valence-corrected chi connectivity index (χ1v) is 7.08. The minimum absolute atomic E-state index is 0.0509. The van der Waals surface area contributed by atoms with Gasteiger partial charge < -0.3 is 5.32 Å². The van der Waals surface area contributed by atoms with Crippen LogP contribution in [0.5, 0.6) is 0 Å². The number of hydrogen-bond donors (Lipinski definition) is 1. The van der Waals surface area contributed by atoms with Crippen molar-refractivity contribution < 1.29 is 4.39 Å². The second-order valence-corrected chi connectivity index (χ2v) is 5.72. The van der Waals surface area contributed by atoms with E-state index in [4.69, 9.17) is 0 Å². The molecule has 1 unspecified atom stereocenters. The van der Waals surface area contributed by atoms with Crippen molar-refractivity contribution in [3.8, 4) is 0 Å². The van der Waals surface area contributed by atoms with Crippen molar-refractivity contribution >= 4 is 31.9 Å². The predicted octanol–water partition coefficient (Wildman–Crippen LogP) is 4.66. The zero-order valence-corrected chi connectivity index (χ0v) is 12.9. The lowest BCUT2D eigenvalue weighted by Crippen LogP contribution is -2.17. The molecular formula is C14H12Br2FN. The van der Waals surface area contributed by atoms with Crippen molar-refractivity contribution in [3.63, 3.8) is 0 Å². The third kappa shape index (κ3) is 2.99. The van der Waals surface area contributed by atoms with Gasteiger partial charge in [-0.3, -0.25) is 0 Å². The van der Waals surface area contributed by atoms with Gasteiger partial charge in [-0.2, -0.15) is 0 Å². The van der Waals surface area contributed by atoms with Gasteiger partial charge in [0.1, 0.15) is 5.82 Å². The van der Waals surface area contributed by atoms with Gasteiger partial charge in [-0.25, -0.2) is 4.39 Å². The van der Waals surface area contributed by atoms with Gasteiger partial charge in [0.2, 0.25) is 0 Å². The van der Waals surface area contributed by atoms with E-state index in [1.54, 1.807) is 12.1 Å². The van der Waals surface area contributed by atoms with Gasteiger partial charge in [0.25, 0.3) is 0 Å². The van der Waals surface area contributed by atoms with Gasteiger partial charge >= 0.3 is 0 Å². The van der Waals surface area contributed by atoms with Gasteiger partial charge in [-0.05, 0) is 58.4 Å². The average Bonchev–Trinajstić information content (AvgIpc) is 2.37. The smallest absolute Gasteiger partial charge is 0.137 e. The van der Waals surface area contributed by atoms with Crippen molar-refractivity contribution in [3.05, 3.63) is 68.4 Å². The summed E-state index contributed by atoms with van der Waals surface area (Å²) < 4.78 is 14.8. The van der Waals surface area contributed by atoms with Crippen molar-refractivity contribution in [1.29, 1.82) is 0 Å². The number of benzene rings is 2. The lowest BCUT2D eigenvalue weighted by Gasteiger charge is -2.17. The molecule has 1 N–H and O–H groups in total. The molecule has 0 aliphatic heterocycles. The summed E-state index contributed by atoms with van der Waals surface area (Å²) >= 11 is 6.63. The van der Waals surface area contributed by atoms with Gasteiger partial charge in [0.05, 0.1) is 10.5 Å². The highest BCUT2D eigenvalue weighted by Crippen LogP contribution is 2.26. The summed E-state index contributed by atoms with van der Waals surface area (Å²) in [7, 11) is 1.89. The molecule has 1 nitrogen and oxygen atoms in total. The standard InChI is InChI=1S/C14H12Br2FN/c1-18-14(9-2-5-11(15)6-3-9)10-4-7-13(17)12(16)8-10/h2-8,14,18H,1H3. The molecule has 0 heterocycles. The molecule has 0 bridgehead atoms. The quantitative estimate of drug-likeness (QED) is 0.826. The summed E-state index contributed by atoms with van der Waals surface area (Å²) in [6.45, 7) is 0. The fraction of sp³-hybridized carbons (Fsp3) is 0.143. The van der Waals surface area contributed by atoms with Crippen molar-refractivity contribution in [2.24, 2.45) is 0 Å². The van der Waals surface area contributed by atoms with Gasteiger partial charge in [0.15, 0.2) is 0 Å². The molecule has 0 saturated carbocycles. The maximum Gasteiger partial charge on any atom is 0.137 e. The van der Waals surface area contributed by atoms with Gasteiger partial charge in [-0.15, -0.1) is 0 Å². The van der Waals surface area contributed by atoms with Crippen LogP contribution in [-0.2, 0) is 0 Å². The SMILES string of the molecule is CNC(c1ccc(Br)cc1)c1ccc(F)c(Br)c1. The first-order chi connectivity index (χ1) is 8.61. The molecule has 0 amide bonds. The predicted molar refractivity (Wildman–Crippen MR) is 79.1 cm³/mol. The van der Waals surface area contributed by atoms with E-state index < -0.39 is 0 Å². The Balaban J connectivity index is 2.38. The summed E-state index contributed by atoms with van der Waals surface area (Å²) in [6.07, 6.45) is 0. The summed E-state index contributed by atoms with van der Waals surface area (Å²) in [5.74, 6) is -0.246. The van der Waals surface area contributed by atoms with Crippen LogP contribution < -0.4 is 5.32 Å². The van der Waals surface area contributed by atoms with E-state index in [-0.39, 0.29) is 11.9 Å². The highest BCUT2D eigenvalue weighted by Gasteiger charge is 2.13. The Kier molecular flexibility index (Phi) is 4.54. The topological polar surface area (TPSA) is 12.0 Å². The number of rotatable bonds is 3. The minimum Gasteiger partial charge on any atom is -0.309 e. The van der Waals surface area contributed by atoms with Crippen LogP contribution in [0.15, 0.2) is 51.4 Å². The Morgan fingerprint density at radius 2 is 1.61 bits per heavy atom. The van der Waals surface area contributed by atoms with Crippen LogP contribution in [-0.4, -0.2) is 7.05 Å². The maximum absolute atomic E-state index is 13.2.